The molecule has 9 heteroatoms. The number of nitrogens with zero attached hydrogens (tertiary/aromatic N) is 2. The first-order chi connectivity index (χ1) is 15.9. The molecule has 0 saturated heterocycles. The van der Waals surface area contributed by atoms with Crippen LogP contribution in [-0.2, 0) is 35.5 Å². The lowest BCUT2D eigenvalue weighted by atomic mass is 9.89. The molecule has 0 radical (unpaired) electrons. The topological polar surface area (TPSA) is 89.0 Å². The second-order valence-corrected chi connectivity index (χ2v) is 9.05. The number of amides is 1. The van der Waals surface area contributed by atoms with Gasteiger partial charge in [-0.2, -0.15) is 0 Å². The molecule has 1 N–H and O–H groups in total. The lowest BCUT2D eigenvalue weighted by Gasteiger charge is -2.30. The van der Waals surface area contributed by atoms with Crippen molar-refractivity contribution < 1.29 is 28.6 Å². The fraction of sp³-hybridized carbons (Fsp3) is 0.292. The van der Waals surface area contributed by atoms with Gasteiger partial charge in [0.15, 0.2) is 0 Å². The van der Waals surface area contributed by atoms with E-state index in [1.165, 1.54) is 24.5 Å². The van der Waals surface area contributed by atoms with Crippen molar-refractivity contribution in [2.45, 2.75) is 32.9 Å². The third kappa shape index (κ3) is 4.98. The van der Waals surface area contributed by atoms with Crippen molar-refractivity contribution in [1.82, 2.24) is 9.88 Å². The zero-order valence-corrected chi connectivity index (χ0v) is 19.1. The average Bonchev–Trinajstić information content (AvgIpc) is 3.22. The molecular weight excluding hydrogens is 447 g/mol. The van der Waals surface area contributed by atoms with Crippen LogP contribution in [0, 0.1) is 12.7 Å². The Morgan fingerprint density at radius 2 is 2.03 bits per heavy atom. The highest BCUT2D eigenvalue weighted by Crippen LogP contribution is 2.38. The van der Waals surface area contributed by atoms with Crippen molar-refractivity contribution in [2.24, 2.45) is 0 Å². The van der Waals surface area contributed by atoms with Gasteiger partial charge in [0.25, 0.3) is 0 Å². The minimum absolute atomic E-state index is 0.134. The summed E-state index contributed by atoms with van der Waals surface area (Å²) in [6.07, 6.45) is 1.41. The first-order valence-electron chi connectivity index (χ1n) is 10.4. The van der Waals surface area contributed by atoms with Crippen molar-refractivity contribution >= 4 is 23.4 Å². The van der Waals surface area contributed by atoms with Crippen LogP contribution < -0.4 is 4.74 Å². The number of carbonyl (C=O) groups is 2. The number of carbonyl (C=O) groups excluding carboxylic acids is 1. The number of hydrogen-bond donors (Lipinski definition) is 1. The van der Waals surface area contributed by atoms with Crippen molar-refractivity contribution in [1.29, 1.82) is 0 Å². The van der Waals surface area contributed by atoms with Gasteiger partial charge in [-0.3, -0.25) is 4.79 Å². The van der Waals surface area contributed by atoms with E-state index in [0.29, 0.717) is 46.5 Å². The van der Waals surface area contributed by atoms with Gasteiger partial charge in [0.1, 0.15) is 18.2 Å². The number of methoxy groups -OCH3 is 1. The van der Waals surface area contributed by atoms with E-state index < -0.39 is 12.1 Å². The van der Waals surface area contributed by atoms with Crippen LogP contribution >= 0.6 is 11.3 Å². The molecule has 0 fully saturated rings. The number of fused-ring (bicyclic) bond motifs is 1. The minimum atomic E-state index is -0.947. The van der Waals surface area contributed by atoms with Crippen molar-refractivity contribution in [3.05, 3.63) is 68.9 Å². The lowest BCUT2D eigenvalue weighted by molar-refractivity contribution is -0.136. The van der Waals surface area contributed by atoms with Gasteiger partial charge in [-0.05, 0) is 53.8 Å². The quantitative estimate of drug-likeness (QED) is 0.567. The van der Waals surface area contributed by atoms with Crippen LogP contribution in [0.4, 0.5) is 9.18 Å². The van der Waals surface area contributed by atoms with Crippen LogP contribution in [0.1, 0.15) is 26.6 Å². The standard InChI is InChI=1S/C24H23FN2O5S/c1-14-26-11-16(33-14)13-32-24(30)27-8-7-18-20(12-27)17(4-5-21(18)25)19-9-15(10-23(28)29)3-6-22(19)31-2/h3-6,9,11H,7-8,10,12-13H2,1-2H3,(H,28,29). The molecule has 0 bridgehead atoms. The fourth-order valence-electron chi connectivity index (χ4n) is 3.99. The smallest absolute Gasteiger partial charge is 0.410 e. The van der Waals surface area contributed by atoms with Gasteiger partial charge in [-0.15, -0.1) is 11.3 Å². The Morgan fingerprint density at radius 1 is 1.21 bits per heavy atom. The summed E-state index contributed by atoms with van der Waals surface area (Å²) < 4.78 is 25.6. The number of thiazole rings is 1. The van der Waals surface area contributed by atoms with Gasteiger partial charge < -0.3 is 19.5 Å². The second-order valence-electron chi connectivity index (χ2n) is 7.73. The Kier molecular flexibility index (Phi) is 6.60. The van der Waals surface area contributed by atoms with E-state index in [9.17, 15) is 19.1 Å². The number of carboxylic acids is 1. The van der Waals surface area contributed by atoms with Gasteiger partial charge in [-0.25, -0.2) is 14.2 Å². The van der Waals surface area contributed by atoms with Crippen LogP contribution in [0.3, 0.4) is 0 Å². The lowest BCUT2D eigenvalue weighted by Crippen LogP contribution is -2.37. The van der Waals surface area contributed by atoms with Crippen molar-refractivity contribution in [3.63, 3.8) is 0 Å². The molecule has 0 unspecified atom stereocenters. The van der Waals surface area contributed by atoms with E-state index in [1.54, 1.807) is 35.4 Å². The summed E-state index contributed by atoms with van der Waals surface area (Å²) in [6, 6.07) is 8.18. The molecule has 33 heavy (non-hydrogen) atoms. The molecule has 0 atom stereocenters. The van der Waals surface area contributed by atoms with Crippen LogP contribution in [0.15, 0.2) is 36.5 Å². The SMILES string of the molecule is COc1ccc(CC(=O)O)cc1-c1ccc(F)c2c1CN(C(=O)OCc1cnc(C)s1)CC2. The van der Waals surface area contributed by atoms with E-state index in [4.69, 9.17) is 9.47 Å². The Bertz CT molecular complexity index is 1210. The fourth-order valence-corrected chi connectivity index (χ4v) is 4.69. The van der Waals surface area contributed by atoms with Gasteiger partial charge in [0.05, 0.1) is 23.4 Å². The maximum absolute atomic E-state index is 14.7. The summed E-state index contributed by atoms with van der Waals surface area (Å²) >= 11 is 1.46. The average molecular weight is 471 g/mol. The van der Waals surface area contributed by atoms with Crippen LogP contribution in [0.5, 0.6) is 5.75 Å². The number of carboxylic acid groups (broad SMARTS) is 1. The molecule has 1 aliphatic rings. The molecule has 1 amide bonds. The van der Waals surface area contributed by atoms with E-state index in [2.05, 4.69) is 4.98 Å². The predicted molar refractivity (Wildman–Crippen MR) is 121 cm³/mol. The second kappa shape index (κ2) is 9.58. The van der Waals surface area contributed by atoms with Gasteiger partial charge >= 0.3 is 12.1 Å². The molecule has 0 aliphatic carbocycles. The third-order valence-electron chi connectivity index (χ3n) is 5.53. The normalized spacial score (nSPS) is 12.9. The van der Waals surface area contributed by atoms with Crippen LogP contribution in [0.25, 0.3) is 11.1 Å². The number of aliphatic carboxylic acids is 1. The molecule has 1 aliphatic heterocycles. The highest BCUT2D eigenvalue weighted by molar-refractivity contribution is 7.11. The monoisotopic (exact) mass is 470 g/mol. The van der Waals surface area contributed by atoms with Crippen molar-refractivity contribution in [3.8, 4) is 16.9 Å². The number of hydrogen-bond acceptors (Lipinski definition) is 6. The number of benzene rings is 2. The first-order valence-corrected chi connectivity index (χ1v) is 11.2. The van der Waals surface area contributed by atoms with E-state index >= 15 is 0 Å². The first kappa shape index (κ1) is 22.7. The Hall–Kier alpha value is -3.46. The summed E-state index contributed by atoms with van der Waals surface area (Å²) in [6.45, 7) is 2.53. The molecule has 2 heterocycles. The highest BCUT2D eigenvalue weighted by Gasteiger charge is 2.27. The van der Waals surface area contributed by atoms with E-state index in [-0.39, 0.29) is 25.4 Å². The van der Waals surface area contributed by atoms with E-state index in [0.717, 1.165) is 9.88 Å². The summed E-state index contributed by atoms with van der Waals surface area (Å²) in [5, 5.41) is 10.1. The predicted octanol–water partition coefficient (Wildman–Crippen LogP) is 4.59. The minimum Gasteiger partial charge on any atom is -0.496 e. The summed E-state index contributed by atoms with van der Waals surface area (Å²) in [4.78, 5) is 30.5. The maximum Gasteiger partial charge on any atom is 0.410 e. The molecule has 0 saturated carbocycles. The Morgan fingerprint density at radius 3 is 2.73 bits per heavy atom. The number of ether oxygens (including phenoxy) is 2. The van der Waals surface area contributed by atoms with E-state index in [1.807, 2.05) is 6.92 Å². The zero-order chi connectivity index (χ0) is 23.5. The molecule has 4 rings (SSSR count). The molecule has 3 aromatic rings. The Balaban J connectivity index is 1.63. The van der Waals surface area contributed by atoms with Gasteiger partial charge in [0.2, 0.25) is 0 Å². The van der Waals surface area contributed by atoms with Crippen LogP contribution in [0.2, 0.25) is 0 Å². The molecule has 172 valence electrons. The highest BCUT2D eigenvalue weighted by atomic mass is 32.1. The molecule has 0 spiro atoms. The summed E-state index contributed by atoms with van der Waals surface area (Å²) in [5.74, 6) is -0.738. The van der Waals surface area contributed by atoms with Crippen LogP contribution in [-0.4, -0.2) is 40.7 Å². The zero-order valence-electron chi connectivity index (χ0n) is 18.3. The number of aryl methyl sites for hydroxylation is 1. The largest absolute Gasteiger partial charge is 0.496 e. The molecule has 2 aromatic carbocycles. The molecular formula is C24H23FN2O5S. The number of rotatable bonds is 6. The number of aromatic nitrogens is 1. The Labute approximate surface area is 194 Å². The third-order valence-corrected chi connectivity index (χ3v) is 6.42. The van der Waals surface area contributed by atoms with Gasteiger partial charge in [-0.1, -0.05) is 12.1 Å². The maximum atomic E-state index is 14.7. The van der Waals surface area contributed by atoms with Gasteiger partial charge in [0, 0.05) is 24.8 Å². The number of halogens is 1. The van der Waals surface area contributed by atoms with Crippen molar-refractivity contribution in [2.75, 3.05) is 13.7 Å². The summed E-state index contributed by atoms with van der Waals surface area (Å²) in [5.41, 5.74) is 3.16. The molecule has 7 nitrogen and oxygen atoms in total. The molecule has 1 aromatic heterocycles. The summed E-state index contributed by atoms with van der Waals surface area (Å²) in [7, 11) is 1.52.